The van der Waals surface area contributed by atoms with Crippen molar-refractivity contribution >= 4 is 17.7 Å². The summed E-state index contributed by atoms with van der Waals surface area (Å²) in [7, 11) is 0. The van der Waals surface area contributed by atoms with Crippen LogP contribution in [-0.2, 0) is 35.3 Å². The largest absolute Gasteiger partial charge is 0.467 e. The summed E-state index contributed by atoms with van der Waals surface area (Å²) in [5.41, 5.74) is 4.36. The van der Waals surface area contributed by atoms with E-state index < -0.39 is 24.1 Å². The Balaban J connectivity index is 1.56. The van der Waals surface area contributed by atoms with Crippen molar-refractivity contribution in [1.29, 1.82) is 0 Å². The molecule has 9 heteroatoms. The van der Waals surface area contributed by atoms with Gasteiger partial charge in [-0.3, -0.25) is 24.7 Å². The zero-order valence-corrected chi connectivity index (χ0v) is 21.7. The fraction of sp³-hybridized carbons (Fsp3) is 0.607. The first-order chi connectivity index (χ1) is 17.8. The molecule has 4 rings (SSSR count). The molecule has 2 aliphatic carbocycles. The minimum Gasteiger partial charge on any atom is -0.467 e. The molecule has 0 spiro atoms. The van der Waals surface area contributed by atoms with Gasteiger partial charge in [0.1, 0.15) is 18.5 Å². The molecule has 0 saturated carbocycles. The molecule has 9 nitrogen and oxygen atoms in total. The number of furan rings is 1. The van der Waals surface area contributed by atoms with Gasteiger partial charge in [-0.15, -0.1) is 0 Å². The molecule has 1 aromatic rings. The van der Waals surface area contributed by atoms with E-state index in [1.807, 2.05) is 26.8 Å². The van der Waals surface area contributed by atoms with Crippen LogP contribution in [0, 0.1) is 29.6 Å². The molecule has 7 unspecified atom stereocenters. The standard InChI is InChI=1S/C28H37NO8/c1-4-16(2)27(32)37-25-10-9-22(29-36-15-18-6-5-12-34-18)21-14-24(31)17(3)19(26(21)25)7-8-20-23(30)11-13-35-28(20)33/h5-6,9,12,14,16-17,19-20,23,25-26,29-30H,4,7-8,10-11,13,15H2,1-3H3. The number of ether oxygens (including phenoxy) is 2. The maximum atomic E-state index is 13.1. The Bertz CT molecular complexity index is 1030. The third-order valence-electron chi connectivity index (χ3n) is 7.97. The summed E-state index contributed by atoms with van der Waals surface area (Å²) >= 11 is 0. The molecule has 7 atom stereocenters. The van der Waals surface area contributed by atoms with Crippen LogP contribution in [0.1, 0.15) is 58.6 Å². The number of aliphatic hydroxyl groups excluding tert-OH is 1. The molecule has 1 saturated heterocycles. The Labute approximate surface area is 217 Å². The van der Waals surface area contributed by atoms with Crippen LogP contribution in [0.2, 0.25) is 0 Å². The van der Waals surface area contributed by atoms with Crippen LogP contribution in [0.5, 0.6) is 0 Å². The van der Waals surface area contributed by atoms with E-state index in [9.17, 15) is 19.5 Å². The van der Waals surface area contributed by atoms with E-state index in [-0.39, 0.29) is 48.6 Å². The molecule has 0 amide bonds. The van der Waals surface area contributed by atoms with Crippen LogP contribution in [0.25, 0.3) is 0 Å². The van der Waals surface area contributed by atoms with Crippen molar-refractivity contribution in [3.05, 3.63) is 47.6 Å². The predicted octanol–water partition coefficient (Wildman–Crippen LogP) is 3.63. The van der Waals surface area contributed by atoms with Crippen LogP contribution < -0.4 is 5.48 Å². The fourth-order valence-electron chi connectivity index (χ4n) is 5.46. The number of aliphatic hydroxyl groups is 1. The molecular weight excluding hydrogens is 478 g/mol. The van der Waals surface area contributed by atoms with E-state index in [0.717, 1.165) is 5.57 Å². The van der Waals surface area contributed by atoms with Gasteiger partial charge in [0.05, 0.1) is 36.5 Å². The highest BCUT2D eigenvalue weighted by molar-refractivity contribution is 5.94. The predicted molar refractivity (Wildman–Crippen MR) is 132 cm³/mol. The zero-order valence-electron chi connectivity index (χ0n) is 21.7. The number of nitrogens with one attached hydrogen (secondary N) is 1. The summed E-state index contributed by atoms with van der Waals surface area (Å²) in [5.74, 6) is -1.70. The number of carbonyl (C=O) groups is 3. The topological polar surface area (TPSA) is 124 Å². The number of esters is 2. The van der Waals surface area contributed by atoms with Crippen molar-refractivity contribution in [1.82, 2.24) is 5.48 Å². The van der Waals surface area contributed by atoms with Gasteiger partial charge in [-0.2, -0.15) is 0 Å². The van der Waals surface area contributed by atoms with Crippen molar-refractivity contribution in [3.63, 3.8) is 0 Å². The highest BCUT2D eigenvalue weighted by Crippen LogP contribution is 2.45. The summed E-state index contributed by atoms with van der Waals surface area (Å²) in [6, 6.07) is 3.58. The quantitative estimate of drug-likeness (QED) is 0.355. The maximum Gasteiger partial charge on any atom is 0.311 e. The third-order valence-corrected chi connectivity index (χ3v) is 7.97. The second-order valence-corrected chi connectivity index (χ2v) is 10.3. The van der Waals surface area contributed by atoms with E-state index in [2.05, 4.69) is 5.48 Å². The fourth-order valence-corrected chi connectivity index (χ4v) is 5.46. The Kier molecular flexibility index (Phi) is 8.87. The van der Waals surface area contributed by atoms with Crippen LogP contribution in [0.3, 0.4) is 0 Å². The van der Waals surface area contributed by atoms with Crippen molar-refractivity contribution in [3.8, 4) is 0 Å². The lowest BCUT2D eigenvalue weighted by Crippen LogP contribution is -2.45. The lowest BCUT2D eigenvalue weighted by Gasteiger charge is -2.43. The third kappa shape index (κ3) is 6.15. The zero-order chi connectivity index (χ0) is 26.5. The minimum absolute atomic E-state index is 0.0318. The minimum atomic E-state index is -0.761. The summed E-state index contributed by atoms with van der Waals surface area (Å²) in [6.07, 6.45) is 6.29. The number of rotatable bonds is 10. The summed E-state index contributed by atoms with van der Waals surface area (Å²) in [6.45, 7) is 6.07. The van der Waals surface area contributed by atoms with E-state index >= 15 is 0 Å². The first kappa shape index (κ1) is 27.1. The molecule has 202 valence electrons. The normalized spacial score (nSPS) is 30.5. The second kappa shape index (κ2) is 12.1. The SMILES string of the molecule is CCC(C)C(=O)OC1CC=C(NOCc2ccco2)C2=CC(=O)C(C)C(CCC3C(=O)OCCC3O)C21. The van der Waals surface area contributed by atoms with E-state index in [0.29, 0.717) is 43.6 Å². The molecule has 2 N–H and O–H groups in total. The monoisotopic (exact) mass is 515 g/mol. The molecule has 0 aromatic carbocycles. The Morgan fingerprint density at radius 3 is 2.81 bits per heavy atom. The van der Waals surface area contributed by atoms with E-state index in [4.69, 9.17) is 18.7 Å². The van der Waals surface area contributed by atoms with E-state index in [1.54, 1.807) is 24.5 Å². The van der Waals surface area contributed by atoms with Gasteiger partial charge in [0.25, 0.3) is 0 Å². The number of hydrogen-bond donors (Lipinski definition) is 2. The molecule has 2 heterocycles. The van der Waals surface area contributed by atoms with Crippen LogP contribution in [0.4, 0.5) is 0 Å². The van der Waals surface area contributed by atoms with Gasteiger partial charge < -0.3 is 19.0 Å². The second-order valence-electron chi connectivity index (χ2n) is 10.3. The number of hydrogen-bond acceptors (Lipinski definition) is 9. The Hall–Kier alpha value is -2.91. The lowest BCUT2D eigenvalue weighted by atomic mass is 9.64. The first-order valence-corrected chi connectivity index (χ1v) is 13.2. The molecule has 0 radical (unpaired) electrons. The number of ketones is 1. The Morgan fingerprint density at radius 2 is 2.11 bits per heavy atom. The van der Waals surface area contributed by atoms with Crippen molar-refractivity contribution in [2.45, 2.75) is 71.7 Å². The average Bonchev–Trinajstić information content (AvgIpc) is 3.40. The van der Waals surface area contributed by atoms with Crippen molar-refractivity contribution in [2.24, 2.45) is 29.6 Å². The van der Waals surface area contributed by atoms with Gasteiger partial charge >= 0.3 is 11.9 Å². The Morgan fingerprint density at radius 1 is 1.30 bits per heavy atom. The molecule has 1 aromatic heterocycles. The molecule has 37 heavy (non-hydrogen) atoms. The van der Waals surface area contributed by atoms with Gasteiger partial charge in [0, 0.05) is 24.7 Å². The number of fused-ring (bicyclic) bond motifs is 1. The molecular formula is C28H37NO8. The summed E-state index contributed by atoms with van der Waals surface area (Å²) in [5, 5.41) is 10.4. The average molecular weight is 516 g/mol. The smallest absolute Gasteiger partial charge is 0.311 e. The number of allylic oxidation sites excluding steroid dienone is 2. The van der Waals surface area contributed by atoms with Crippen LogP contribution in [0.15, 0.2) is 46.2 Å². The molecule has 1 aliphatic heterocycles. The summed E-state index contributed by atoms with van der Waals surface area (Å²) in [4.78, 5) is 43.8. The van der Waals surface area contributed by atoms with E-state index in [1.165, 1.54) is 0 Å². The number of cyclic esters (lactones) is 1. The maximum absolute atomic E-state index is 13.1. The van der Waals surface area contributed by atoms with Gasteiger partial charge in [-0.05, 0) is 49.0 Å². The highest BCUT2D eigenvalue weighted by Gasteiger charge is 2.46. The van der Waals surface area contributed by atoms with Gasteiger partial charge in [0.2, 0.25) is 0 Å². The van der Waals surface area contributed by atoms with Crippen LogP contribution in [-0.4, -0.2) is 41.6 Å². The van der Waals surface area contributed by atoms with Crippen LogP contribution >= 0.6 is 0 Å². The molecule has 1 fully saturated rings. The van der Waals surface area contributed by atoms with Gasteiger partial charge in [0.15, 0.2) is 5.78 Å². The first-order valence-electron chi connectivity index (χ1n) is 13.2. The molecule has 3 aliphatic rings. The van der Waals surface area contributed by atoms with Gasteiger partial charge in [-0.25, -0.2) is 0 Å². The van der Waals surface area contributed by atoms with Gasteiger partial charge in [-0.1, -0.05) is 26.8 Å². The van der Waals surface area contributed by atoms with Crippen molar-refractivity contribution < 1.29 is 38.2 Å². The number of hydroxylamine groups is 1. The summed E-state index contributed by atoms with van der Waals surface area (Å²) < 4.78 is 16.5. The lowest BCUT2D eigenvalue weighted by molar-refractivity contribution is -0.161. The number of carbonyl (C=O) groups excluding carboxylic acids is 3. The molecule has 0 bridgehead atoms. The highest BCUT2D eigenvalue weighted by atomic mass is 16.6. The van der Waals surface area contributed by atoms with Crippen molar-refractivity contribution in [2.75, 3.05) is 6.61 Å².